The monoisotopic (exact) mass is 297 g/mol. The molecule has 1 N–H and O–H groups in total. The van der Waals surface area contributed by atoms with Gasteiger partial charge in [-0.25, -0.2) is 13.2 Å². The Hall–Kier alpha value is -1.56. The van der Waals surface area contributed by atoms with Gasteiger partial charge in [0.25, 0.3) is 0 Å². The average molecular weight is 297 g/mol. The van der Waals surface area contributed by atoms with Crippen molar-refractivity contribution in [2.24, 2.45) is 5.92 Å². The van der Waals surface area contributed by atoms with Gasteiger partial charge in [0.05, 0.1) is 11.0 Å². The summed E-state index contributed by atoms with van der Waals surface area (Å²) in [6.07, 6.45) is 0.0185. The lowest BCUT2D eigenvalue weighted by molar-refractivity contribution is 0.139. The molecule has 1 unspecified atom stereocenters. The van der Waals surface area contributed by atoms with Crippen LogP contribution in [0, 0.1) is 5.92 Å². The van der Waals surface area contributed by atoms with Crippen LogP contribution in [0.2, 0.25) is 0 Å². The minimum atomic E-state index is -3.07. The van der Waals surface area contributed by atoms with Crippen LogP contribution in [0.1, 0.15) is 18.9 Å². The predicted octanol–water partition coefficient (Wildman–Crippen LogP) is 1.74. The van der Waals surface area contributed by atoms with Crippen molar-refractivity contribution in [3.05, 3.63) is 35.9 Å². The van der Waals surface area contributed by atoms with Gasteiger partial charge in [0.2, 0.25) is 0 Å². The summed E-state index contributed by atoms with van der Waals surface area (Å²) < 4.78 is 28.6. The summed E-state index contributed by atoms with van der Waals surface area (Å²) >= 11 is 0. The van der Waals surface area contributed by atoms with Gasteiger partial charge >= 0.3 is 6.09 Å². The number of rotatable bonds is 4. The summed E-state index contributed by atoms with van der Waals surface area (Å²) in [5, 5.41) is 2.05. The van der Waals surface area contributed by atoms with E-state index in [2.05, 4.69) is 5.32 Å². The molecule has 1 amide bonds. The van der Waals surface area contributed by atoms with E-state index in [1.807, 2.05) is 37.3 Å². The number of nitrogens with one attached hydrogen (secondary N) is 1. The molecule has 0 aromatic heterocycles. The first kappa shape index (κ1) is 14.8. The lowest BCUT2D eigenvalue weighted by Gasteiger charge is -2.11. The van der Waals surface area contributed by atoms with Crippen molar-refractivity contribution in [2.45, 2.75) is 25.2 Å². The first-order valence-electron chi connectivity index (χ1n) is 6.63. The zero-order valence-corrected chi connectivity index (χ0v) is 12.2. The Balaban J connectivity index is 1.76. The van der Waals surface area contributed by atoms with E-state index in [0.29, 0.717) is 6.42 Å². The molecule has 5 nitrogen and oxygen atoms in total. The smallest absolute Gasteiger partial charge is 0.407 e. The highest BCUT2D eigenvalue weighted by Gasteiger charge is 2.36. The van der Waals surface area contributed by atoms with Crippen LogP contribution in [0.5, 0.6) is 0 Å². The summed E-state index contributed by atoms with van der Waals surface area (Å²) in [7, 11) is -3.07. The van der Waals surface area contributed by atoms with Crippen LogP contribution in [0.25, 0.3) is 0 Å². The zero-order chi connectivity index (χ0) is 14.6. The van der Waals surface area contributed by atoms with Crippen molar-refractivity contribution in [2.75, 3.05) is 12.3 Å². The largest absolute Gasteiger partial charge is 0.445 e. The Morgan fingerprint density at radius 1 is 1.35 bits per heavy atom. The number of benzene rings is 1. The zero-order valence-electron chi connectivity index (χ0n) is 11.4. The number of ether oxygens (including phenoxy) is 1. The molecule has 2 rings (SSSR count). The predicted molar refractivity (Wildman–Crippen MR) is 76.0 cm³/mol. The van der Waals surface area contributed by atoms with Crippen molar-refractivity contribution in [3.63, 3.8) is 0 Å². The maximum atomic E-state index is 11.8. The van der Waals surface area contributed by atoms with Gasteiger partial charge in [-0.2, -0.15) is 0 Å². The first-order valence-corrected chi connectivity index (χ1v) is 8.35. The van der Waals surface area contributed by atoms with Gasteiger partial charge in [0.15, 0.2) is 9.84 Å². The van der Waals surface area contributed by atoms with Crippen LogP contribution in [-0.4, -0.2) is 32.1 Å². The lowest BCUT2D eigenvalue weighted by Crippen LogP contribution is -2.34. The molecule has 1 aromatic rings. The number of hydrogen-bond acceptors (Lipinski definition) is 4. The molecule has 20 heavy (non-hydrogen) atoms. The van der Waals surface area contributed by atoms with Crippen LogP contribution in [0.4, 0.5) is 4.79 Å². The van der Waals surface area contributed by atoms with E-state index in [-0.39, 0.29) is 24.8 Å². The van der Waals surface area contributed by atoms with Gasteiger partial charge in [-0.15, -0.1) is 0 Å². The highest BCUT2D eigenvalue weighted by atomic mass is 32.2. The Morgan fingerprint density at radius 3 is 2.65 bits per heavy atom. The highest BCUT2D eigenvalue weighted by molar-refractivity contribution is 7.92. The lowest BCUT2D eigenvalue weighted by atomic mass is 10.1. The summed E-state index contributed by atoms with van der Waals surface area (Å²) in [4.78, 5) is 11.5. The SMILES string of the molecule is CC1C[C@@H](CNC(=O)OCc2ccccc2)S(=O)(=O)C1. The molecule has 2 atom stereocenters. The van der Waals surface area contributed by atoms with Crippen molar-refractivity contribution < 1.29 is 17.9 Å². The van der Waals surface area contributed by atoms with Crippen molar-refractivity contribution in [3.8, 4) is 0 Å². The van der Waals surface area contributed by atoms with E-state index in [1.54, 1.807) is 0 Å². The van der Waals surface area contributed by atoms with Crippen LogP contribution in [0.3, 0.4) is 0 Å². The molecule has 1 saturated heterocycles. The molecule has 0 radical (unpaired) electrons. The third-order valence-electron chi connectivity index (χ3n) is 3.38. The van der Waals surface area contributed by atoms with Crippen molar-refractivity contribution in [1.82, 2.24) is 5.32 Å². The standard InChI is InChI=1S/C14H19NO4S/c1-11-7-13(20(17,18)10-11)8-15-14(16)19-9-12-5-3-2-4-6-12/h2-6,11,13H,7-10H2,1H3,(H,15,16)/t11?,13-/m0/s1. The van der Waals surface area contributed by atoms with E-state index < -0.39 is 21.2 Å². The van der Waals surface area contributed by atoms with Crippen LogP contribution < -0.4 is 5.32 Å². The molecule has 1 aromatic carbocycles. The fraction of sp³-hybridized carbons (Fsp3) is 0.500. The van der Waals surface area contributed by atoms with Gasteiger partial charge in [-0.1, -0.05) is 37.3 Å². The molecule has 0 saturated carbocycles. The Morgan fingerprint density at radius 2 is 2.05 bits per heavy atom. The number of carbonyl (C=O) groups excluding carboxylic acids is 1. The van der Waals surface area contributed by atoms with E-state index in [0.717, 1.165) is 5.56 Å². The maximum Gasteiger partial charge on any atom is 0.407 e. The van der Waals surface area contributed by atoms with Crippen LogP contribution in [0.15, 0.2) is 30.3 Å². The minimum absolute atomic E-state index is 0.125. The van der Waals surface area contributed by atoms with E-state index in [4.69, 9.17) is 4.74 Å². The minimum Gasteiger partial charge on any atom is -0.445 e. The van der Waals surface area contributed by atoms with Crippen molar-refractivity contribution >= 4 is 15.9 Å². The van der Waals surface area contributed by atoms with E-state index >= 15 is 0 Å². The third kappa shape index (κ3) is 3.96. The second-order valence-corrected chi connectivity index (χ2v) is 7.56. The van der Waals surface area contributed by atoms with E-state index in [9.17, 15) is 13.2 Å². The van der Waals surface area contributed by atoms with Crippen molar-refractivity contribution in [1.29, 1.82) is 0 Å². The quantitative estimate of drug-likeness (QED) is 0.918. The molecule has 110 valence electrons. The molecule has 0 spiro atoms. The molecule has 1 fully saturated rings. The molecule has 1 aliphatic rings. The number of carbonyl (C=O) groups is 1. The second-order valence-electron chi connectivity index (χ2n) is 5.24. The van der Waals surface area contributed by atoms with Gasteiger partial charge in [0, 0.05) is 6.54 Å². The molecular weight excluding hydrogens is 278 g/mol. The van der Waals surface area contributed by atoms with Crippen LogP contribution >= 0.6 is 0 Å². The summed E-state index contributed by atoms with van der Waals surface area (Å²) in [6.45, 7) is 2.21. The normalized spacial score (nSPS) is 24.2. The highest BCUT2D eigenvalue weighted by Crippen LogP contribution is 2.24. The van der Waals surface area contributed by atoms with E-state index in [1.165, 1.54) is 0 Å². The fourth-order valence-electron chi connectivity index (χ4n) is 2.38. The number of sulfone groups is 1. The number of amides is 1. The summed E-state index contributed by atoms with van der Waals surface area (Å²) in [5.41, 5.74) is 0.893. The number of alkyl carbamates (subject to hydrolysis) is 1. The molecule has 6 heteroatoms. The van der Waals surface area contributed by atoms with Crippen LogP contribution in [-0.2, 0) is 21.2 Å². The third-order valence-corrected chi connectivity index (χ3v) is 5.79. The fourth-order valence-corrected chi connectivity index (χ4v) is 4.54. The molecular formula is C14H19NO4S. The number of hydrogen-bond donors (Lipinski definition) is 1. The van der Waals surface area contributed by atoms with Gasteiger partial charge in [0.1, 0.15) is 6.61 Å². The second kappa shape index (κ2) is 6.26. The summed E-state index contributed by atoms with van der Waals surface area (Å²) in [5.74, 6) is 0.366. The molecule has 0 bridgehead atoms. The topological polar surface area (TPSA) is 72.5 Å². The molecule has 1 aliphatic heterocycles. The average Bonchev–Trinajstić information content (AvgIpc) is 2.67. The summed E-state index contributed by atoms with van der Waals surface area (Å²) in [6, 6.07) is 9.33. The maximum absolute atomic E-state index is 11.8. The molecule has 0 aliphatic carbocycles. The Labute approximate surface area is 119 Å². The Bertz CT molecular complexity index is 556. The molecule has 1 heterocycles. The Kier molecular flexibility index (Phi) is 4.65. The van der Waals surface area contributed by atoms with Gasteiger partial charge in [-0.3, -0.25) is 0 Å². The van der Waals surface area contributed by atoms with Gasteiger partial charge < -0.3 is 10.1 Å². The first-order chi connectivity index (χ1) is 9.47. The van der Waals surface area contributed by atoms with Gasteiger partial charge in [-0.05, 0) is 17.9 Å².